The van der Waals surface area contributed by atoms with Crippen molar-refractivity contribution in [3.63, 3.8) is 0 Å². The molecule has 0 heterocycles. The molecule has 122 valence electrons. The van der Waals surface area contributed by atoms with Gasteiger partial charge in [0, 0.05) is 18.5 Å². The van der Waals surface area contributed by atoms with Crippen molar-refractivity contribution in [3.8, 4) is 5.75 Å². The maximum atomic E-state index is 12.2. The van der Waals surface area contributed by atoms with E-state index in [2.05, 4.69) is 26.0 Å². The summed E-state index contributed by atoms with van der Waals surface area (Å²) < 4.78 is 40.5. The highest BCUT2D eigenvalue weighted by Crippen LogP contribution is 2.31. The zero-order chi connectivity index (χ0) is 16.9. The average Bonchev–Trinajstić information content (AvgIpc) is 2.36. The average molecular weight is 384 g/mol. The number of alkyl halides is 3. The van der Waals surface area contributed by atoms with Gasteiger partial charge in [0.25, 0.3) is 5.91 Å². The van der Waals surface area contributed by atoms with E-state index in [1.54, 1.807) is 6.92 Å². The maximum Gasteiger partial charge on any atom is 0.573 e. The van der Waals surface area contributed by atoms with Gasteiger partial charge in [-0.05, 0) is 40.0 Å². The SMILES string of the molecule is CC(CNC(=O)c1ccc(Br)c(OC(F)(F)F)c1)CC(=O)O. The summed E-state index contributed by atoms with van der Waals surface area (Å²) in [5.74, 6) is -2.44. The lowest BCUT2D eigenvalue weighted by molar-refractivity contribution is -0.274. The summed E-state index contributed by atoms with van der Waals surface area (Å²) >= 11 is 2.90. The van der Waals surface area contributed by atoms with Gasteiger partial charge in [-0.25, -0.2) is 0 Å². The van der Waals surface area contributed by atoms with Crippen LogP contribution in [-0.2, 0) is 4.79 Å². The Bertz CT molecular complexity index is 563. The molecule has 0 bridgehead atoms. The van der Waals surface area contributed by atoms with Crippen molar-refractivity contribution in [2.45, 2.75) is 19.7 Å². The molecule has 1 aromatic rings. The van der Waals surface area contributed by atoms with Crippen LogP contribution in [-0.4, -0.2) is 29.9 Å². The second kappa shape index (κ2) is 7.48. The number of aliphatic carboxylic acids is 1. The predicted octanol–water partition coefficient (Wildman–Crippen LogP) is 3.19. The summed E-state index contributed by atoms with van der Waals surface area (Å²) in [6, 6.07) is 3.54. The lowest BCUT2D eigenvalue weighted by Gasteiger charge is -2.13. The number of benzene rings is 1. The molecule has 0 aliphatic rings. The molecule has 5 nitrogen and oxygen atoms in total. The molecule has 0 radical (unpaired) electrons. The standard InChI is InChI=1S/C13H13BrF3NO4/c1-7(4-11(19)20)6-18-12(21)8-2-3-9(14)10(5-8)22-13(15,16)17/h2-3,5,7H,4,6H2,1H3,(H,18,21)(H,19,20). The Kier molecular flexibility index (Phi) is 6.21. The summed E-state index contributed by atoms with van der Waals surface area (Å²) in [7, 11) is 0. The first-order valence-corrected chi connectivity index (χ1v) is 6.93. The molecule has 0 saturated carbocycles. The molecular formula is C13H13BrF3NO4. The van der Waals surface area contributed by atoms with Crippen molar-refractivity contribution in [3.05, 3.63) is 28.2 Å². The third-order valence-electron chi connectivity index (χ3n) is 2.55. The normalized spacial score (nSPS) is 12.6. The van der Waals surface area contributed by atoms with Gasteiger partial charge >= 0.3 is 12.3 Å². The highest BCUT2D eigenvalue weighted by Gasteiger charge is 2.32. The molecule has 0 fully saturated rings. The van der Waals surface area contributed by atoms with Crippen LogP contribution in [0.4, 0.5) is 13.2 Å². The van der Waals surface area contributed by atoms with E-state index < -0.39 is 24.0 Å². The number of carbonyl (C=O) groups excluding carboxylic acids is 1. The van der Waals surface area contributed by atoms with E-state index in [1.165, 1.54) is 12.1 Å². The number of ether oxygens (including phenoxy) is 1. The van der Waals surface area contributed by atoms with Gasteiger partial charge in [0.15, 0.2) is 0 Å². The van der Waals surface area contributed by atoms with Crippen LogP contribution in [0.5, 0.6) is 5.75 Å². The van der Waals surface area contributed by atoms with E-state index in [-0.39, 0.29) is 28.9 Å². The summed E-state index contributed by atoms with van der Waals surface area (Å²) in [5.41, 5.74) is -0.0232. The molecule has 1 rings (SSSR count). The minimum absolute atomic E-state index is 0.0232. The highest BCUT2D eigenvalue weighted by atomic mass is 79.9. The number of rotatable bonds is 6. The van der Waals surface area contributed by atoms with Crippen LogP contribution in [0.1, 0.15) is 23.7 Å². The Balaban J connectivity index is 2.74. The molecule has 22 heavy (non-hydrogen) atoms. The van der Waals surface area contributed by atoms with Crippen LogP contribution in [0.3, 0.4) is 0 Å². The Hall–Kier alpha value is -1.77. The summed E-state index contributed by atoms with van der Waals surface area (Å²) in [6.07, 6.45) is -4.99. The number of amides is 1. The number of carbonyl (C=O) groups is 2. The number of nitrogens with one attached hydrogen (secondary N) is 1. The summed E-state index contributed by atoms with van der Waals surface area (Å²) in [6.45, 7) is 1.73. The maximum absolute atomic E-state index is 12.2. The number of halogens is 4. The van der Waals surface area contributed by atoms with Gasteiger partial charge in [-0.2, -0.15) is 0 Å². The molecule has 0 aliphatic heterocycles. The van der Waals surface area contributed by atoms with Crippen molar-refractivity contribution >= 4 is 27.8 Å². The Morgan fingerprint density at radius 3 is 2.59 bits per heavy atom. The van der Waals surface area contributed by atoms with Crippen LogP contribution in [0.15, 0.2) is 22.7 Å². The molecule has 1 atom stereocenters. The van der Waals surface area contributed by atoms with Gasteiger partial charge in [-0.3, -0.25) is 9.59 Å². The first-order valence-electron chi connectivity index (χ1n) is 6.14. The fourth-order valence-corrected chi connectivity index (χ4v) is 1.91. The van der Waals surface area contributed by atoms with Gasteiger partial charge in [0.2, 0.25) is 0 Å². The Morgan fingerprint density at radius 2 is 2.05 bits per heavy atom. The molecule has 2 N–H and O–H groups in total. The van der Waals surface area contributed by atoms with E-state index in [4.69, 9.17) is 5.11 Å². The lowest BCUT2D eigenvalue weighted by Crippen LogP contribution is -2.29. The molecule has 0 aliphatic carbocycles. The number of hydrogen-bond donors (Lipinski definition) is 2. The Morgan fingerprint density at radius 1 is 1.41 bits per heavy atom. The smallest absolute Gasteiger partial charge is 0.481 e. The van der Waals surface area contributed by atoms with Crippen molar-refractivity contribution in [2.24, 2.45) is 5.92 Å². The summed E-state index contributed by atoms with van der Waals surface area (Å²) in [4.78, 5) is 22.4. The molecule has 1 aromatic carbocycles. The Labute approximate surface area is 132 Å². The lowest BCUT2D eigenvalue weighted by atomic mass is 10.1. The molecule has 0 saturated heterocycles. The molecule has 0 aromatic heterocycles. The second-order valence-electron chi connectivity index (χ2n) is 4.61. The van der Waals surface area contributed by atoms with Crippen molar-refractivity contribution in [1.29, 1.82) is 0 Å². The first-order chi connectivity index (χ1) is 10.1. The second-order valence-corrected chi connectivity index (χ2v) is 5.46. The predicted molar refractivity (Wildman–Crippen MR) is 74.6 cm³/mol. The van der Waals surface area contributed by atoms with Crippen molar-refractivity contribution in [2.75, 3.05) is 6.54 Å². The van der Waals surface area contributed by atoms with Gasteiger partial charge in [0.1, 0.15) is 5.75 Å². The minimum atomic E-state index is -4.87. The van der Waals surface area contributed by atoms with Gasteiger partial charge in [0.05, 0.1) is 4.47 Å². The van der Waals surface area contributed by atoms with E-state index in [0.29, 0.717) is 0 Å². The number of carboxylic acid groups (broad SMARTS) is 1. The monoisotopic (exact) mass is 383 g/mol. The zero-order valence-electron chi connectivity index (χ0n) is 11.4. The van der Waals surface area contributed by atoms with Crippen molar-refractivity contribution < 1.29 is 32.6 Å². The van der Waals surface area contributed by atoms with E-state index in [0.717, 1.165) is 6.07 Å². The number of hydrogen-bond acceptors (Lipinski definition) is 3. The molecular weight excluding hydrogens is 371 g/mol. The quantitative estimate of drug-likeness (QED) is 0.790. The van der Waals surface area contributed by atoms with E-state index >= 15 is 0 Å². The zero-order valence-corrected chi connectivity index (χ0v) is 13.0. The molecule has 9 heteroatoms. The topological polar surface area (TPSA) is 75.6 Å². The number of carboxylic acids is 1. The van der Waals surface area contributed by atoms with Gasteiger partial charge in [-0.15, -0.1) is 13.2 Å². The highest BCUT2D eigenvalue weighted by molar-refractivity contribution is 9.10. The van der Waals surface area contributed by atoms with Crippen LogP contribution in [0.25, 0.3) is 0 Å². The third kappa shape index (κ3) is 6.33. The van der Waals surface area contributed by atoms with Crippen molar-refractivity contribution in [1.82, 2.24) is 5.32 Å². The van der Waals surface area contributed by atoms with Gasteiger partial charge in [-0.1, -0.05) is 6.92 Å². The van der Waals surface area contributed by atoms with E-state index in [1.807, 2.05) is 0 Å². The largest absolute Gasteiger partial charge is 0.573 e. The summed E-state index contributed by atoms with van der Waals surface area (Å²) in [5, 5.41) is 11.1. The van der Waals surface area contributed by atoms with Gasteiger partial charge < -0.3 is 15.2 Å². The van der Waals surface area contributed by atoms with Crippen LogP contribution in [0, 0.1) is 5.92 Å². The minimum Gasteiger partial charge on any atom is -0.481 e. The molecule has 0 spiro atoms. The molecule has 1 unspecified atom stereocenters. The fraction of sp³-hybridized carbons (Fsp3) is 0.385. The first kappa shape index (κ1) is 18.3. The van der Waals surface area contributed by atoms with Crippen LogP contribution in [0.2, 0.25) is 0 Å². The van der Waals surface area contributed by atoms with E-state index in [9.17, 15) is 22.8 Å². The molecule has 1 amide bonds. The van der Waals surface area contributed by atoms with Crippen LogP contribution < -0.4 is 10.1 Å². The van der Waals surface area contributed by atoms with Crippen LogP contribution >= 0.6 is 15.9 Å². The fourth-order valence-electron chi connectivity index (χ4n) is 1.59. The third-order valence-corrected chi connectivity index (χ3v) is 3.21.